The average molecular weight is 278 g/mol. The van der Waals surface area contributed by atoms with E-state index in [1.165, 1.54) is 18.2 Å². The molecule has 104 valence electrons. The predicted octanol–water partition coefficient (Wildman–Crippen LogP) is 5.20. The number of halogens is 3. The first-order chi connectivity index (χ1) is 9.39. The lowest BCUT2D eigenvalue weighted by Crippen LogP contribution is -2.17. The highest BCUT2D eigenvalue weighted by Gasteiger charge is 2.31. The zero-order valence-corrected chi connectivity index (χ0v) is 10.9. The van der Waals surface area contributed by atoms with E-state index in [0.29, 0.717) is 11.1 Å². The molecule has 0 atom stereocenters. The Kier molecular flexibility index (Phi) is 3.84. The maximum absolute atomic E-state index is 12.3. The summed E-state index contributed by atoms with van der Waals surface area (Å²) in [6.07, 6.45) is -3.21. The van der Waals surface area contributed by atoms with Crippen molar-refractivity contribution < 1.29 is 17.9 Å². The average Bonchev–Trinajstić information content (AvgIpc) is 2.36. The van der Waals surface area contributed by atoms with Crippen LogP contribution in [-0.2, 0) is 0 Å². The number of alkyl halides is 3. The Balaban J connectivity index is 2.51. The Labute approximate surface area is 115 Å². The van der Waals surface area contributed by atoms with Gasteiger partial charge in [0.15, 0.2) is 0 Å². The number of benzene rings is 2. The van der Waals surface area contributed by atoms with Gasteiger partial charge in [-0.3, -0.25) is 0 Å². The third kappa shape index (κ3) is 3.41. The third-order valence-electron chi connectivity index (χ3n) is 2.85. The third-order valence-corrected chi connectivity index (χ3v) is 2.85. The number of aryl methyl sites for hydroxylation is 1. The highest BCUT2D eigenvalue weighted by molar-refractivity contribution is 5.71. The van der Waals surface area contributed by atoms with Gasteiger partial charge in [0.1, 0.15) is 5.75 Å². The molecule has 0 bridgehead atoms. The minimum Gasteiger partial charge on any atom is -0.406 e. The van der Waals surface area contributed by atoms with Crippen LogP contribution in [0.4, 0.5) is 13.2 Å². The molecule has 4 heteroatoms. The van der Waals surface area contributed by atoms with Crippen LogP contribution < -0.4 is 4.74 Å². The molecule has 1 nitrogen and oxygen atoms in total. The summed E-state index contributed by atoms with van der Waals surface area (Å²) in [5, 5.41) is 0. The molecule has 0 spiro atoms. The standard InChI is InChI=1S/C16H13F3O/c1-3-12-8-13(15-7-5-4-6-11(15)2)10-14(9-12)20-16(17,18)19/h3-10H,1H2,2H3. The van der Waals surface area contributed by atoms with Gasteiger partial charge in [-0.25, -0.2) is 0 Å². The fourth-order valence-corrected chi connectivity index (χ4v) is 1.98. The van der Waals surface area contributed by atoms with Crippen LogP contribution >= 0.6 is 0 Å². The zero-order chi connectivity index (χ0) is 14.8. The molecule has 2 aromatic rings. The second kappa shape index (κ2) is 5.41. The molecule has 0 aliphatic carbocycles. The van der Waals surface area contributed by atoms with E-state index in [1.54, 1.807) is 6.07 Å². The van der Waals surface area contributed by atoms with Crippen molar-refractivity contribution in [3.63, 3.8) is 0 Å². The van der Waals surface area contributed by atoms with E-state index in [4.69, 9.17) is 0 Å². The van der Waals surface area contributed by atoms with Crippen molar-refractivity contribution in [3.05, 3.63) is 60.2 Å². The minimum absolute atomic E-state index is 0.242. The predicted molar refractivity (Wildman–Crippen MR) is 73.4 cm³/mol. The van der Waals surface area contributed by atoms with Crippen LogP contribution in [0.25, 0.3) is 17.2 Å². The topological polar surface area (TPSA) is 9.23 Å². The van der Waals surface area contributed by atoms with Crippen LogP contribution in [0.1, 0.15) is 11.1 Å². The molecule has 2 rings (SSSR count). The normalized spacial score (nSPS) is 11.2. The van der Waals surface area contributed by atoms with E-state index in [1.807, 2.05) is 31.2 Å². The molecule has 0 aliphatic rings. The van der Waals surface area contributed by atoms with Gasteiger partial charge in [0.25, 0.3) is 0 Å². The van der Waals surface area contributed by atoms with Gasteiger partial charge in [-0.15, -0.1) is 13.2 Å². The summed E-state index contributed by atoms with van der Waals surface area (Å²) >= 11 is 0. The van der Waals surface area contributed by atoms with Crippen molar-refractivity contribution in [2.45, 2.75) is 13.3 Å². The number of ether oxygens (including phenoxy) is 1. The lowest BCUT2D eigenvalue weighted by molar-refractivity contribution is -0.274. The summed E-state index contributed by atoms with van der Waals surface area (Å²) in [4.78, 5) is 0. The monoisotopic (exact) mass is 278 g/mol. The van der Waals surface area contributed by atoms with Crippen LogP contribution in [0, 0.1) is 6.92 Å². The van der Waals surface area contributed by atoms with Crippen LogP contribution in [0.2, 0.25) is 0 Å². The van der Waals surface area contributed by atoms with E-state index >= 15 is 0 Å². The zero-order valence-electron chi connectivity index (χ0n) is 10.9. The maximum Gasteiger partial charge on any atom is 0.573 e. The molecule has 0 fully saturated rings. The van der Waals surface area contributed by atoms with Crippen molar-refractivity contribution in [2.24, 2.45) is 0 Å². The summed E-state index contributed by atoms with van der Waals surface area (Å²) in [6, 6.07) is 11.9. The molecule has 0 saturated carbocycles. The fourth-order valence-electron chi connectivity index (χ4n) is 1.98. The van der Waals surface area contributed by atoms with Crippen LogP contribution in [0.15, 0.2) is 49.0 Å². The molecule has 0 aromatic heterocycles. The van der Waals surface area contributed by atoms with Crippen molar-refractivity contribution in [1.29, 1.82) is 0 Å². The SMILES string of the molecule is C=Cc1cc(OC(F)(F)F)cc(-c2ccccc2C)c1. The largest absolute Gasteiger partial charge is 0.573 e. The fraction of sp³-hybridized carbons (Fsp3) is 0.125. The van der Waals surface area contributed by atoms with Gasteiger partial charge in [-0.2, -0.15) is 0 Å². The second-order valence-corrected chi connectivity index (χ2v) is 4.36. The molecule has 20 heavy (non-hydrogen) atoms. The van der Waals surface area contributed by atoms with Crippen molar-refractivity contribution in [2.75, 3.05) is 0 Å². The Morgan fingerprint density at radius 2 is 1.80 bits per heavy atom. The highest BCUT2D eigenvalue weighted by atomic mass is 19.4. The lowest BCUT2D eigenvalue weighted by atomic mass is 9.98. The smallest absolute Gasteiger partial charge is 0.406 e. The molecule has 0 radical (unpaired) electrons. The molecular weight excluding hydrogens is 265 g/mol. The van der Waals surface area contributed by atoms with Gasteiger partial charge in [0.05, 0.1) is 0 Å². The van der Waals surface area contributed by atoms with E-state index in [-0.39, 0.29) is 5.75 Å². The van der Waals surface area contributed by atoms with Gasteiger partial charge in [-0.05, 0) is 47.4 Å². The van der Waals surface area contributed by atoms with Crippen LogP contribution in [-0.4, -0.2) is 6.36 Å². The first kappa shape index (κ1) is 14.2. The van der Waals surface area contributed by atoms with Crippen molar-refractivity contribution in [3.8, 4) is 16.9 Å². The first-order valence-electron chi connectivity index (χ1n) is 5.98. The number of rotatable bonds is 3. The van der Waals surface area contributed by atoms with Crippen LogP contribution in [0.5, 0.6) is 5.75 Å². The number of hydrogen-bond acceptors (Lipinski definition) is 1. The van der Waals surface area contributed by atoms with Crippen molar-refractivity contribution in [1.82, 2.24) is 0 Å². The van der Waals surface area contributed by atoms with E-state index in [2.05, 4.69) is 11.3 Å². The summed E-state index contributed by atoms with van der Waals surface area (Å²) in [6.45, 7) is 5.49. The van der Waals surface area contributed by atoms with Gasteiger partial charge in [-0.1, -0.05) is 36.9 Å². The molecule has 0 N–H and O–H groups in total. The molecule has 2 aromatic carbocycles. The van der Waals surface area contributed by atoms with E-state index < -0.39 is 6.36 Å². The molecular formula is C16H13F3O. The second-order valence-electron chi connectivity index (χ2n) is 4.36. The Morgan fingerprint density at radius 1 is 1.10 bits per heavy atom. The van der Waals surface area contributed by atoms with Gasteiger partial charge >= 0.3 is 6.36 Å². The van der Waals surface area contributed by atoms with Crippen molar-refractivity contribution >= 4 is 6.08 Å². The summed E-state index contributed by atoms with van der Waals surface area (Å²) in [5.74, 6) is -0.242. The van der Waals surface area contributed by atoms with E-state index in [0.717, 1.165) is 11.1 Å². The Morgan fingerprint density at radius 3 is 2.40 bits per heavy atom. The molecule has 0 amide bonds. The van der Waals surface area contributed by atoms with Gasteiger partial charge in [0, 0.05) is 0 Å². The Bertz CT molecular complexity index is 630. The van der Waals surface area contributed by atoms with Gasteiger partial charge < -0.3 is 4.74 Å². The highest BCUT2D eigenvalue weighted by Crippen LogP contribution is 2.31. The molecule has 0 heterocycles. The number of hydrogen-bond donors (Lipinski definition) is 0. The molecule has 0 saturated heterocycles. The lowest BCUT2D eigenvalue weighted by Gasteiger charge is -2.13. The molecule has 0 unspecified atom stereocenters. The maximum atomic E-state index is 12.3. The van der Waals surface area contributed by atoms with E-state index in [9.17, 15) is 13.2 Å². The molecule has 0 aliphatic heterocycles. The van der Waals surface area contributed by atoms with Crippen LogP contribution in [0.3, 0.4) is 0 Å². The summed E-state index contributed by atoms with van der Waals surface area (Å²) in [5.41, 5.74) is 3.08. The first-order valence-corrected chi connectivity index (χ1v) is 5.98. The quantitative estimate of drug-likeness (QED) is 0.749. The summed E-state index contributed by atoms with van der Waals surface area (Å²) in [7, 11) is 0. The van der Waals surface area contributed by atoms with Gasteiger partial charge in [0.2, 0.25) is 0 Å². The summed E-state index contributed by atoms with van der Waals surface area (Å²) < 4.78 is 41.0. The Hall–Kier alpha value is -2.23. The minimum atomic E-state index is -4.71.